The molecule has 0 bridgehead atoms. The number of hydrogen-bond donors (Lipinski definition) is 1. The lowest BCUT2D eigenvalue weighted by molar-refractivity contribution is -0.139. The minimum atomic E-state index is -3.81. The lowest BCUT2D eigenvalue weighted by atomic mass is 10.5. The molecule has 0 rings (SSSR count). The zero-order valence-corrected chi connectivity index (χ0v) is 10.2. The van der Waals surface area contributed by atoms with E-state index < -0.39 is 21.2 Å². The van der Waals surface area contributed by atoms with Crippen molar-refractivity contribution in [3.05, 3.63) is 12.7 Å². The van der Waals surface area contributed by atoms with E-state index in [1.165, 1.54) is 13.0 Å². The molecule has 0 spiro atoms. The largest absolute Gasteiger partial charge is 0.468 e. The van der Waals surface area contributed by atoms with E-state index in [1.807, 2.05) is 0 Å². The van der Waals surface area contributed by atoms with Gasteiger partial charge in [-0.05, 0) is 6.92 Å². The number of sulfonamides is 1. The summed E-state index contributed by atoms with van der Waals surface area (Å²) < 4.78 is 29.1. The maximum absolute atomic E-state index is 11.9. The van der Waals surface area contributed by atoms with E-state index in [-0.39, 0.29) is 19.7 Å². The summed E-state index contributed by atoms with van der Waals surface area (Å²) in [5, 5.41) is 7.46. The van der Waals surface area contributed by atoms with Gasteiger partial charge in [-0.3, -0.25) is 4.79 Å². The van der Waals surface area contributed by atoms with E-state index in [0.29, 0.717) is 0 Å². The molecular weight excluding hydrogens is 234 g/mol. The van der Waals surface area contributed by atoms with Crippen molar-refractivity contribution in [3.8, 4) is 0 Å². The Morgan fingerprint density at radius 1 is 1.62 bits per heavy atom. The van der Waals surface area contributed by atoms with E-state index in [1.54, 1.807) is 0 Å². The van der Waals surface area contributed by atoms with Gasteiger partial charge in [-0.15, -0.1) is 6.58 Å². The predicted molar refractivity (Wildman–Crippen MR) is 59.3 cm³/mol. The smallest absolute Gasteiger partial charge is 0.325 e. The fourth-order valence-electron chi connectivity index (χ4n) is 1.09. The maximum Gasteiger partial charge on any atom is 0.325 e. The zero-order valence-electron chi connectivity index (χ0n) is 9.42. The van der Waals surface area contributed by atoms with Crippen LogP contribution in [-0.4, -0.2) is 55.9 Å². The molecule has 0 fully saturated rings. The number of hydrogen-bond acceptors (Lipinski definition) is 5. The predicted octanol–water partition coefficient (Wildman–Crippen LogP) is -0.642. The Labute approximate surface area is 95.6 Å². The Morgan fingerprint density at radius 2 is 2.19 bits per heavy atom. The Bertz CT molecular complexity index is 338. The van der Waals surface area contributed by atoms with Gasteiger partial charge in [0.25, 0.3) is 0 Å². The number of esters is 1. The fraction of sp³-hybridized carbons (Fsp3) is 0.667. The second-order valence-electron chi connectivity index (χ2n) is 3.08. The van der Waals surface area contributed by atoms with Crippen molar-refractivity contribution in [1.82, 2.24) is 4.31 Å². The molecule has 0 aromatic heterocycles. The van der Waals surface area contributed by atoms with E-state index in [9.17, 15) is 13.2 Å². The monoisotopic (exact) mass is 251 g/mol. The van der Waals surface area contributed by atoms with Crippen molar-refractivity contribution in [2.75, 3.05) is 26.8 Å². The van der Waals surface area contributed by atoms with Crippen LogP contribution < -0.4 is 0 Å². The highest BCUT2D eigenvalue weighted by Crippen LogP contribution is 2.10. The van der Waals surface area contributed by atoms with E-state index >= 15 is 0 Å². The first-order valence-electron chi connectivity index (χ1n) is 4.70. The first-order valence-corrected chi connectivity index (χ1v) is 6.20. The molecular formula is C9H17NO5S. The third-order valence-electron chi connectivity index (χ3n) is 2.02. The first kappa shape index (κ1) is 15.1. The molecule has 0 aliphatic heterocycles. The highest BCUT2D eigenvalue weighted by molar-refractivity contribution is 7.90. The Morgan fingerprint density at radius 3 is 2.56 bits per heavy atom. The van der Waals surface area contributed by atoms with E-state index in [2.05, 4.69) is 11.3 Å². The summed E-state index contributed by atoms with van der Waals surface area (Å²) in [6, 6.07) is 0. The summed E-state index contributed by atoms with van der Waals surface area (Å²) >= 11 is 0. The Kier molecular flexibility index (Phi) is 6.24. The highest BCUT2D eigenvalue weighted by atomic mass is 32.2. The summed E-state index contributed by atoms with van der Waals surface area (Å²) in [5.41, 5.74) is 0. The minimum Gasteiger partial charge on any atom is -0.468 e. The number of rotatable bonds is 7. The first-order chi connectivity index (χ1) is 7.41. The van der Waals surface area contributed by atoms with Crippen LogP contribution in [0.1, 0.15) is 6.92 Å². The molecule has 1 unspecified atom stereocenters. The number of nitrogens with zero attached hydrogens (tertiary/aromatic N) is 1. The summed E-state index contributed by atoms with van der Waals surface area (Å²) in [7, 11) is -2.69. The molecule has 0 heterocycles. The SMILES string of the molecule is C=CCN(CCO)S(=O)(=O)C(C)C(=O)OC. The summed E-state index contributed by atoms with van der Waals surface area (Å²) in [4.78, 5) is 11.2. The molecule has 0 saturated heterocycles. The van der Waals surface area contributed by atoms with Crippen LogP contribution in [0.4, 0.5) is 0 Å². The van der Waals surface area contributed by atoms with Gasteiger partial charge >= 0.3 is 5.97 Å². The lowest BCUT2D eigenvalue weighted by Gasteiger charge is -2.22. The molecule has 0 amide bonds. The average Bonchev–Trinajstić information content (AvgIpc) is 2.26. The highest BCUT2D eigenvalue weighted by Gasteiger charge is 2.33. The van der Waals surface area contributed by atoms with Crippen LogP contribution in [0.15, 0.2) is 12.7 Å². The molecule has 0 aliphatic rings. The van der Waals surface area contributed by atoms with E-state index in [0.717, 1.165) is 11.4 Å². The van der Waals surface area contributed by atoms with Gasteiger partial charge in [0.2, 0.25) is 10.0 Å². The van der Waals surface area contributed by atoms with Gasteiger partial charge in [-0.2, -0.15) is 4.31 Å². The number of ether oxygens (including phenoxy) is 1. The average molecular weight is 251 g/mol. The van der Waals surface area contributed by atoms with Crippen LogP contribution in [0.5, 0.6) is 0 Å². The number of aliphatic hydroxyl groups is 1. The second-order valence-corrected chi connectivity index (χ2v) is 5.33. The Hall–Kier alpha value is -0.920. The number of methoxy groups -OCH3 is 1. The molecule has 1 N–H and O–H groups in total. The van der Waals surface area contributed by atoms with Gasteiger partial charge in [0, 0.05) is 13.1 Å². The van der Waals surface area contributed by atoms with Gasteiger partial charge in [0.1, 0.15) is 0 Å². The summed E-state index contributed by atoms with van der Waals surface area (Å²) in [5.74, 6) is -0.827. The van der Waals surface area contributed by atoms with Crippen LogP contribution >= 0.6 is 0 Å². The molecule has 0 aliphatic carbocycles. The van der Waals surface area contributed by atoms with Gasteiger partial charge in [-0.1, -0.05) is 6.08 Å². The molecule has 16 heavy (non-hydrogen) atoms. The Balaban J connectivity index is 4.97. The number of carbonyl (C=O) groups excluding carboxylic acids is 1. The van der Waals surface area contributed by atoms with Crippen molar-refractivity contribution >= 4 is 16.0 Å². The quantitative estimate of drug-likeness (QED) is 0.480. The van der Waals surface area contributed by atoms with Crippen LogP contribution in [-0.2, 0) is 19.6 Å². The minimum absolute atomic E-state index is 0.0459. The summed E-state index contributed by atoms with van der Waals surface area (Å²) in [6.45, 7) is 4.31. The van der Waals surface area contributed by atoms with Crippen molar-refractivity contribution in [1.29, 1.82) is 0 Å². The van der Waals surface area contributed by atoms with Gasteiger partial charge in [0.15, 0.2) is 5.25 Å². The van der Waals surface area contributed by atoms with Gasteiger partial charge in [-0.25, -0.2) is 8.42 Å². The molecule has 0 saturated carbocycles. The van der Waals surface area contributed by atoms with Crippen molar-refractivity contribution < 1.29 is 23.1 Å². The normalized spacial score (nSPS) is 13.5. The molecule has 0 aromatic rings. The third kappa shape index (κ3) is 3.58. The molecule has 0 radical (unpaired) electrons. The fourth-order valence-corrected chi connectivity index (χ4v) is 2.53. The number of aliphatic hydroxyl groups excluding tert-OH is 1. The van der Waals surface area contributed by atoms with Crippen molar-refractivity contribution in [3.63, 3.8) is 0 Å². The molecule has 0 aromatic carbocycles. The molecule has 7 heteroatoms. The lowest BCUT2D eigenvalue weighted by Crippen LogP contribution is -2.43. The van der Waals surface area contributed by atoms with E-state index in [4.69, 9.17) is 5.11 Å². The second kappa shape index (κ2) is 6.62. The number of carbonyl (C=O) groups is 1. The topological polar surface area (TPSA) is 83.9 Å². The maximum atomic E-state index is 11.9. The van der Waals surface area contributed by atoms with Gasteiger partial charge in [0.05, 0.1) is 13.7 Å². The van der Waals surface area contributed by atoms with Crippen LogP contribution in [0.3, 0.4) is 0 Å². The van der Waals surface area contributed by atoms with Crippen molar-refractivity contribution in [2.24, 2.45) is 0 Å². The standard InChI is InChI=1S/C9H17NO5S/c1-4-5-10(6-7-11)16(13,14)8(2)9(12)15-3/h4,8,11H,1,5-7H2,2-3H3. The molecule has 1 atom stereocenters. The summed E-state index contributed by atoms with van der Waals surface area (Å²) in [6.07, 6.45) is 1.39. The molecule has 94 valence electrons. The van der Waals surface area contributed by atoms with Crippen LogP contribution in [0.2, 0.25) is 0 Å². The van der Waals surface area contributed by atoms with Crippen LogP contribution in [0, 0.1) is 0 Å². The zero-order chi connectivity index (χ0) is 12.8. The van der Waals surface area contributed by atoms with Gasteiger partial charge < -0.3 is 9.84 Å². The third-order valence-corrected chi connectivity index (χ3v) is 4.16. The van der Waals surface area contributed by atoms with Crippen LogP contribution in [0.25, 0.3) is 0 Å². The molecule has 6 nitrogen and oxygen atoms in total. The van der Waals surface area contributed by atoms with Crippen molar-refractivity contribution in [2.45, 2.75) is 12.2 Å².